The molecule has 2 aliphatic rings. The van der Waals surface area contributed by atoms with Crippen LogP contribution in [-0.4, -0.2) is 22.3 Å². The maximum Gasteiger partial charge on any atom is 0.208 e. The molecule has 1 aliphatic heterocycles. The highest BCUT2D eigenvalue weighted by atomic mass is 16.3. The van der Waals surface area contributed by atoms with Crippen LogP contribution in [0.15, 0.2) is 52.9 Å². The molecular weight excluding hydrogens is 298 g/mol. The van der Waals surface area contributed by atoms with Crippen molar-refractivity contribution in [2.24, 2.45) is 0 Å². The molecule has 0 atom stereocenters. The van der Waals surface area contributed by atoms with E-state index >= 15 is 0 Å². The molecule has 4 rings (SSSR count). The zero-order valence-corrected chi connectivity index (χ0v) is 13.7. The third-order valence-corrected chi connectivity index (χ3v) is 4.36. The molecule has 4 heteroatoms. The molecule has 1 heterocycles. The van der Waals surface area contributed by atoms with Gasteiger partial charge in [-0.15, -0.1) is 0 Å². The maximum absolute atomic E-state index is 8.22. The Labute approximate surface area is 139 Å². The molecule has 2 aromatic carbocycles. The second kappa shape index (κ2) is 5.57. The van der Waals surface area contributed by atoms with Crippen LogP contribution in [0.3, 0.4) is 0 Å². The Bertz CT molecular complexity index is 1120. The van der Waals surface area contributed by atoms with E-state index in [1.54, 1.807) is 6.07 Å². The molecule has 0 amide bonds. The summed E-state index contributed by atoms with van der Waals surface area (Å²) >= 11 is 0. The lowest BCUT2D eigenvalue weighted by atomic mass is 10.0. The van der Waals surface area contributed by atoms with Crippen LogP contribution in [0.4, 0.5) is 5.69 Å². The van der Waals surface area contributed by atoms with Crippen molar-refractivity contribution < 1.29 is 8.99 Å². The number of aromatic nitrogens is 1. The van der Waals surface area contributed by atoms with Gasteiger partial charge in [0.2, 0.25) is 5.69 Å². The second-order valence-corrected chi connectivity index (χ2v) is 5.73. The van der Waals surface area contributed by atoms with Gasteiger partial charge in [0, 0.05) is 29.8 Å². The maximum atomic E-state index is 8.22. The predicted molar refractivity (Wildman–Crippen MR) is 96.2 cm³/mol. The minimum absolute atomic E-state index is 0.455. The normalized spacial score (nSPS) is 12.3. The summed E-state index contributed by atoms with van der Waals surface area (Å²) in [5, 5.41) is 10.5. The van der Waals surface area contributed by atoms with Crippen molar-refractivity contribution in [1.82, 2.24) is 4.98 Å². The van der Waals surface area contributed by atoms with Gasteiger partial charge in [0.05, 0.1) is 11.4 Å². The monoisotopic (exact) mass is 316 g/mol. The molecule has 0 fully saturated rings. The summed E-state index contributed by atoms with van der Waals surface area (Å²) in [5.41, 5.74) is 3.43. The molecule has 0 unspecified atom stereocenters. The summed E-state index contributed by atoms with van der Waals surface area (Å²) < 4.78 is 8.24. The molecule has 0 saturated heterocycles. The van der Waals surface area contributed by atoms with Crippen molar-refractivity contribution in [2.75, 3.05) is 6.54 Å². The summed E-state index contributed by atoms with van der Waals surface area (Å²) in [6, 6.07) is 15.6. The minimum atomic E-state index is 0.455. The summed E-state index contributed by atoms with van der Waals surface area (Å²) in [6.45, 7) is 5.02. The Morgan fingerprint density at radius 3 is 2.67 bits per heavy atom. The quantitative estimate of drug-likeness (QED) is 0.259. The molecule has 0 aromatic heterocycles. The minimum Gasteiger partial charge on any atom is -0.452 e. The number of hydrogen-bond acceptors (Lipinski definition) is 3. The average Bonchev–Trinajstić information content (AvgIpc) is 2.62. The van der Waals surface area contributed by atoms with E-state index in [1.165, 1.54) is 0 Å². The lowest BCUT2D eigenvalue weighted by Gasteiger charge is -2.10. The molecule has 4 nitrogen and oxygen atoms in total. The molecule has 0 saturated carbocycles. The van der Waals surface area contributed by atoms with Gasteiger partial charge in [0.15, 0.2) is 11.3 Å². The first-order valence-corrected chi connectivity index (χ1v) is 8.08. The molecule has 2 aromatic rings. The summed E-state index contributed by atoms with van der Waals surface area (Å²) in [6.07, 6.45) is 2.05. The van der Waals surface area contributed by atoms with Crippen LogP contribution in [0.25, 0.3) is 33.3 Å². The fourth-order valence-corrected chi connectivity index (χ4v) is 3.14. The average molecular weight is 316 g/mol. The van der Waals surface area contributed by atoms with Gasteiger partial charge in [-0.2, -0.15) is 0 Å². The van der Waals surface area contributed by atoms with Crippen molar-refractivity contribution in [2.45, 2.75) is 13.8 Å². The lowest BCUT2D eigenvalue weighted by Crippen LogP contribution is -2.05. The SMILES string of the molecule is CC=[N+](CC)c1ccc2nc3c4ccccc4c(=N)cc-3oc2c1. The van der Waals surface area contributed by atoms with Gasteiger partial charge in [-0.05, 0) is 13.0 Å². The van der Waals surface area contributed by atoms with Crippen LogP contribution in [0, 0.1) is 5.41 Å². The van der Waals surface area contributed by atoms with Gasteiger partial charge < -0.3 is 9.83 Å². The summed E-state index contributed by atoms with van der Waals surface area (Å²) in [5.74, 6) is 0.645. The molecule has 0 bridgehead atoms. The zero-order chi connectivity index (χ0) is 16.7. The topological polar surface area (TPSA) is 52.9 Å². The van der Waals surface area contributed by atoms with Crippen LogP contribution in [0.2, 0.25) is 0 Å². The fraction of sp³-hybridized carbons (Fsp3) is 0.150. The van der Waals surface area contributed by atoms with Crippen molar-refractivity contribution in [1.29, 1.82) is 5.41 Å². The number of hydrogen-bond donors (Lipinski definition) is 1. The molecule has 0 spiro atoms. The highest BCUT2D eigenvalue weighted by molar-refractivity contribution is 5.96. The number of nitrogens with one attached hydrogen (secondary N) is 1. The predicted octanol–water partition coefficient (Wildman–Crippen LogP) is 4.32. The third-order valence-electron chi connectivity index (χ3n) is 4.36. The van der Waals surface area contributed by atoms with Gasteiger partial charge in [-0.3, -0.25) is 0 Å². The molecule has 24 heavy (non-hydrogen) atoms. The van der Waals surface area contributed by atoms with E-state index in [0.29, 0.717) is 11.1 Å². The number of nitrogens with zero attached hydrogens (tertiary/aromatic N) is 2. The van der Waals surface area contributed by atoms with Gasteiger partial charge in [0.25, 0.3) is 0 Å². The Morgan fingerprint density at radius 1 is 1.12 bits per heavy atom. The van der Waals surface area contributed by atoms with Gasteiger partial charge in [0.1, 0.15) is 24.0 Å². The second-order valence-electron chi connectivity index (χ2n) is 5.73. The van der Waals surface area contributed by atoms with Crippen molar-refractivity contribution >= 4 is 33.8 Å². The van der Waals surface area contributed by atoms with Gasteiger partial charge in [-0.25, -0.2) is 9.56 Å². The number of fused-ring (bicyclic) bond motifs is 4. The number of rotatable bonds is 2. The molecule has 1 N–H and O–H groups in total. The van der Waals surface area contributed by atoms with Crippen molar-refractivity contribution in [3.05, 3.63) is 53.9 Å². The molecular formula is C20H18N3O+. The van der Waals surface area contributed by atoms with Crippen LogP contribution >= 0.6 is 0 Å². The van der Waals surface area contributed by atoms with Crippen molar-refractivity contribution in [3.8, 4) is 11.5 Å². The largest absolute Gasteiger partial charge is 0.452 e. The van der Waals surface area contributed by atoms with Gasteiger partial charge >= 0.3 is 0 Å². The molecule has 1 aliphatic carbocycles. The first-order chi connectivity index (χ1) is 11.7. The van der Waals surface area contributed by atoms with Crippen LogP contribution in [0.5, 0.6) is 0 Å². The van der Waals surface area contributed by atoms with Crippen LogP contribution < -0.4 is 5.36 Å². The Morgan fingerprint density at radius 2 is 1.92 bits per heavy atom. The van der Waals surface area contributed by atoms with E-state index in [4.69, 9.17) is 14.8 Å². The van der Waals surface area contributed by atoms with Gasteiger partial charge in [-0.1, -0.05) is 24.3 Å². The highest BCUT2D eigenvalue weighted by Gasteiger charge is 2.16. The van der Waals surface area contributed by atoms with E-state index in [0.717, 1.165) is 39.8 Å². The van der Waals surface area contributed by atoms with E-state index in [9.17, 15) is 0 Å². The standard InChI is InChI=1S/C20H18N3O/c1-3-23(4-2)13-9-10-17-18(11-13)24-19-12-16(21)14-7-5-6-8-15(14)20(19)22-17/h3,5-12,21H,4H2,1-2H3/q+1. The smallest absolute Gasteiger partial charge is 0.208 e. The fourth-order valence-electron chi connectivity index (χ4n) is 3.14. The third kappa shape index (κ3) is 2.19. The Hall–Kier alpha value is -3.01. The summed E-state index contributed by atoms with van der Waals surface area (Å²) in [4.78, 5) is 4.79. The zero-order valence-electron chi connectivity index (χ0n) is 13.7. The first kappa shape index (κ1) is 14.6. The molecule has 118 valence electrons. The Balaban J connectivity index is 2.06. The van der Waals surface area contributed by atoms with Crippen molar-refractivity contribution in [3.63, 3.8) is 0 Å². The lowest BCUT2D eigenvalue weighted by molar-refractivity contribution is -0.431. The van der Waals surface area contributed by atoms with Crippen LogP contribution in [-0.2, 0) is 0 Å². The first-order valence-electron chi connectivity index (χ1n) is 8.08. The summed E-state index contributed by atoms with van der Waals surface area (Å²) in [7, 11) is 0. The van der Waals surface area contributed by atoms with E-state index in [-0.39, 0.29) is 0 Å². The Kier molecular flexibility index (Phi) is 3.38. The van der Waals surface area contributed by atoms with E-state index in [1.807, 2.05) is 49.5 Å². The van der Waals surface area contributed by atoms with E-state index in [2.05, 4.69) is 17.6 Å². The molecule has 0 radical (unpaired) electrons. The van der Waals surface area contributed by atoms with Crippen LogP contribution in [0.1, 0.15) is 13.8 Å². The highest BCUT2D eigenvalue weighted by Crippen LogP contribution is 2.31. The number of benzene rings is 3. The van der Waals surface area contributed by atoms with E-state index < -0.39 is 0 Å².